The number of piperidine rings is 1. The van der Waals surface area contributed by atoms with Crippen LogP contribution in [0, 0.1) is 0 Å². The highest BCUT2D eigenvalue weighted by atomic mass is 16.2. The zero-order chi connectivity index (χ0) is 11.4. The highest BCUT2D eigenvalue weighted by Gasteiger charge is 2.22. The van der Waals surface area contributed by atoms with E-state index in [1.54, 1.807) is 11.9 Å². The molecule has 15 heavy (non-hydrogen) atoms. The molecule has 5 heteroatoms. The Kier molecular flexibility index (Phi) is 4.08. The monoisotopic (exact) mass is 213 g/mol. The second-order valence-corrected chi connectivity index (χ2v) is 4.12. The molecule has 2 N–H and O–H groups in total. The standard InChI is InChI=1S/C10H19N3O2/c1-8(14)12(2)7-10(15)13-5-3-4-9(11)6-13/h9H,3-7,11H2,1-2H3/t9-/m1/s1. The van der Waals surface area contributed by atoms with Gasteiger partial charge in [-0.15, -0.1) is 0 Å². The van der Waals surface area contributed by atoms with Crippen molar-refractivity contribution in [2.24, 2.45) is 5.73 Å². The minimum Gasteiger partial charge on any atom is -0.340 e. The zero-order valence-corrected chi connectivity index (χ0v) is 9.40. The fourth-order valence-corrected chi connectivity index (χ4v) is 1.65. The topological polar surface area (TPSA) is 66.6 Å². The third kappa shape index (κ3) is 3.51. The predicted octanol–water partition coefficient (Wildman–Crippen LogP) is -0.586. The summed E-state index contributed by atoms with van der Waals surface area (Å²) in [6.45, 7) is 2.99. The number of carbonyl (C=O) groups excluding carboxylic acids is 2. The van der Waals surface area contributed by atoms with Crippen molar-refractivity contribution >= 4 is 11.8 Å². The van der Waals surface area contributed by atoms with Crippen LogP contribution >= 0.6 is 0 Å². The summed E-state index contributed by atoms with van der Waals surface area (Å²) in [6.07, 6.45) is 1.93. The van der Waals surface area contributed by atoms with Gasteiger partial charge in [-0.2, -0.15) is 0 Å². The first-order valence-electron chi connectivity index (χ1n) is 5.25. The normalized spacial score (nSPS) is 21.3. The van der Waals surface area contributed by atoms with Crippen LogP contribution in [0.3, 0.4) is 0 Å². The second kappa shape index (κ2) is 5.11. The molecule has 0 spiro atoms. The van der Waals surface area contributed by atoms with E-state index < -0.39 is 0 Å². The van der Waals surface area contributed by atoms with Gasteiger partial charge < -0.3 is 15.5 Å². The molecule has 0 aromatic heterocycles. The molecule has 1 rings (SSSR count). The minimum atomic E-state index is -0.0929. The average molecular weight is 213 g/mol. The van der Waals surface area contributed by atoms with Crippen molar-refractivity contribution in [3.05, 3.63) is 0 Å². The van der Waals surface area contributed by atoms with Crippen LogP contribution in [0.25, 0.3) is 0 Å². The first-order valence-corrected chi connectivity index (χ1v) is 5.25. The Hall–Kier alpha value is -1.10. The highest BCUT2D eigenvalue weighted by molar-refractivity contribution is 5.83. The second-order valence-electron chi connectivity index (χ2n) is 4.12. The third-order valence-electron chi connectivity index (χ3n) is 2.72. The summed E-state index contributed by atoms with van der Waals surface area (Å²) in [4.78, 5) is 25.9. The van der Waals surface area contributed by atoms with E-state index in [-0.39, 0.29) is 24.4 Å². The fraction of sp³-hybridized carbons (Fsp3) is 0.800. The number of nitrogens with zero attached hydrogens (tertiary/aromatic N) is 2. The Labute approximate surface area is 90.2 Å². The molecule has 5 nitrogen and oxygen atoms in total. The van der Waals surface area contributed by atoms with Crippen molar-refractivity contribution in [2.45, 2.75) is 25.8 Å². The summed E-state index contributed by atoms with van der Waals surface area (Å²) in [6, 6.07) is 0.0883. The number of hydrogen-bond donors (Lipinski definition) is 1. The maximum Gasteiger partial charge on any atom is 0.242 e. The third-order valence-corrected chi connectivity index (χ3v) is 2.72. The number of nitrogens with two attached hydrogens (primary N) is 1. The molecule has 86 valence electrons. The highest BCUT2D eigenvalue weighted by Crippen LogP contribution is 2.08. The Morgan fingerprint density at radius 2 is 2.20 bits per heavy atom. The van der Waals surface area contributed by atoms with Crippen LogP contribution in [0.1, 0.15) is 19.8 Å². The number of amides is 2. The molecular weight excluding hydrogens is 194 g/mol. The molecule has 2 amide bonds. The van der Waals surface area contributed by atoms with E-state index in [4.69, 9.17) is 5.73 Å². The Morgan fingerprint density at radius 1 is 1.53 bits per heavy atom. The number of rotatable bonds is 2. The molecule has 0 unspecified atom stereocenters. The van der Waals surface area contributed by atoms with Gasteiger partial charge in [-0.25, -0.2) is 0 Å². The minimum absolute atomic E-state index is 0.0112. The number of carbonyl (C=O) groups is 2. The van der Waals surface area contributed by atoms with E-state index in [0.29, 0.717) is 6.54 Å². The number of likely N-dealkylation sites (N-methyl/N-ethyl adjacent to an activating group) is 1. The summed E-state index contributed by atoms with van der Waals surface area (Å²) in [7, 11) is 1.63. The average Bonchev–Trinajstić information content (AvgIpc) is 2.17. The molecule has 0 radical (unpaired) electrons. The van der Waals surface area contributed by atoms with Gasteiger partial charge in [0.05, 0.1) is 6.54 Å². The van der Waals surface area contributed by atoms with Crippen molar-refractivity contribution in [2.75, 3.05) is 26.7 Å². The molecule has 1 atom stereocenters. The van der Waals surface area contributed by atoms with Gasteiger partial charge in [-0.05, 0) is 12.8 Å². The lowest BCUT2D eigenvalue weighted by molar-refractivity contribution is -0.139. The van der Waals surface area contributed by atoms with Crippen LogP contribution in [-0.2, 0) is 9.59 Å². The van der Waals surface area contributed by atoms with E-state index in [1.165, 1.54) is 11.8 Å². The molecule has 1 heterocycles. The van der Waals surface area contributed by atoms with Gasteiger partial charge in [0.25, 0.3) is 0 Å². The SMILES string of the molecule is CC(=O)N(C)CC(=O)N1CCC[C@@H](N)C1. The van der Waals surface area contributed by atoms with Crippen molar-refractivity contribution < 1.29 is 9.59 Å². The maximum absolute atomic E-state index is 11.7. The lowest BCUT2D eigenvalue weighted by Crippen LogP contribution is -2.49. The first-order chi connectivity index (χ1) is 7.00. The molecule has 1 aliphatic rings. The van der Waals surface area contributed by atoms with Gasteiger partial charge in [-0.1, -0.05) is 0 Å². The van der Waals surface area contributed by atoms with Gasteiger partial charge in [0, 0.05) is 33.1 Å². The molecule has 0 bridgehead atoms. The summed E-state index contributed by atoms with van der Waals surface area (Å²) in [5.74, 6) is -0.104. The van der Waals surface area contributed by atoms with Crippen molar-refractivity contribution in [3.8, 4) is 0 Å². The van der Waals surface area contributed by atoms with Crippen molar-refractivity contribution in [1.29, 1.82) is 0 Å². The molecule has 0 aromatic rings. The van der Waals surface area contributed by atoms with Gasteiger partial charge in [-0.3, -0.25) is 9.59 Å². The van der Waals surface area contributed by atoms with E-state index >= 15 is 0 Å². The summed E-state index contributed by atoms with van der Waals surface area (Å²) in [5.41, 5.74) is 5.78. The van der Waals surface area contributed by atoms with Crippen molar-refractivity contribution in [3.63, 3.8) is 0 Å². The van der Waals surface area contributed by atoms with Gasteiger partial charge in [0.2, 0.25) is 11.8 Å². The molecule has 0 aromatic carbocycles. The Balaban J connectivity index is 2.42. The first kappa shape index (κ1) is 12.0. The smallest absolute Gasteiger partial charge is 0.242 e. The summed E-state index contributed by atoms with van der Waals surface area (Å²) < 4.78 is 0. The quantitative estimate of drug-likeness (QED) is 0.667. The maximum atomic E-state index is 11.7. The zero-order valence-electron chi connectivity index (χ0n) is 9.40. The largest absolute Gasteiger partial charge is 0.340 e. The Bertz CT molecular complexity index is 255. The lowest BCUT2D eigenvalue weighted by Gasteiger charge is -2.31. The van der Waals surface area contributed by atoms with Gasteiger partial charge in [0.15, 0.2) is 0 Å². The van der Waals surface area contributed by atoms with Crippen LogP contribution in [-0.4, -0.2) is 54.3 Å². The van der Waals surface area contributed by atoms with E-state index in [2.05, 4.69) is 0 Å². The summed E-state index contributed by atoms with van der Waals surface area (Å²) in [5, 5.41) is 0. The van der Waals surface area contributed by atoms with Crippen LogP contribution in [0.15, 0.2) is 0 Å². The van der Waals surface area contributed by atoms with E-state index in [0.717, 1.165) is 19.4 Å². The van der Waals surface area contributed by atoms with E-state index in [1.807, 2.05) is 0 Å². The molecule has 1 saturated heterocycles. The van der Waals surface area contributed by atoms with Crippen LogP contribution in [0.2, 0.25) is 0 Å². The van der Waals surface area contributed by atoms with E-state index in [9.17, 15) is 9.59 Å². The summed E-state index contributed by atoms with van der Waals surface area (Å²) >= 11 is 0. The fourth-order valence-electron chi connectivity index (χ4n) is 1.65. The predicted molar refractivity (Wildman–Crippen MR) is 57.1 cm³/mol. The van der Waals surface area contributed by atoms with Crippen LogP contribution in [0.4, 0.5) is 0 Å². The lowest BCUT2D eigenvalue weighted by atomic mass is 10.1. The molecule has 1 fully saturated rings. The van der Waals surface area contributed by atoms with Gasteiger partial charge in [0.1, 0.15) is 0 Å². The van der Waals surface area contributed by atoms with Gasteiger partial charge >= 0.3 is 0 Å². The molecule has 1 aliphatic heterocycles. The van der Waals surface area contributed by atoms with Crippen LogP contribution in [0.5, 0.6) is 0 Å². The molecule has 0 saturated carbocycles. The van der Waals surface area contributed by atoms with Crippen LogP contribution < -0.4 is 5.73 Å². The molecule has 0 aliphatic carbocycles. The Morgan fingerprint density at radius 3 is 2.73 bits per heavy atom. The van der Waals surface area contributed by atoms with Crippen molar-refractivity contribution in [1.82, 2.24) is 9.80 Å². The number of hydrogen-bond acceptors (Lipinski definition) is 3. The number of likely N-dealkylation sites (tertiary alicyclic amines) is 1. The molecular formula is C10H19N3O2.